The second kappa shape index (κ2) is 6.34. The van der Waals surface area contributed by atoms with Crippen LogP contribution < -0.4 is 10.2 Å². The van der Waals surface area contributed by atoms with Gasteiger partial charge in [-0.1, -0.05) is 48.5 Å². The Morgan fingerprint density at radius 1 is 1.17 bits per heavy atom. The Morgan fingerprint density at radius 3 is 2.52 bits per heavy atom. The van der Waals surface area contributed by atoms with E-state index in [1.807, 2.05) is 66.5 Å². The van der Waals surface area contributed by atoms with Gasteiger partial charge in [-0.3, -0.25) is 10.3 Å². The van der Waals surface area contributed by atoms with Crippen LogP contribution in [0.2, 0.25) is 0 Å². The largest absolute Gasteiger partial charge is 0.465 e. The Bertz CT molecular complexity index is 749. The maximum atomic E-state index is 11.1. The van der Waals surface area contributed by atoms with Gasteiger partial charge in [-0.15, -0.1) is 0 Å². The number of anilines is 1. The molecule has 1 heterocycles. The first-order valence-electron chi connectivity index (χ1n) is 7.21. The molecule has 0 fully saturated rings. The molecule has 3 rings (SSSR count). The van der Waals surface area contributed by atoms with Gasteiger partial charge in [0.15, 0.2) is 6.17 Å². The number of hydrogen-bond acceptors (Lipinski definition) is 4. The quantitative estimate of drug-likeness (QED) is 0.743. The smallest absolute Gasteiger partial charge is 0.406 e. The topological polar surface area (TPSA) is 64.9 Å². The molecular formula is C17H17N3O2S. The van der Waals surface area contributed by atoms with E-state index in [4.69, 9.17) is 5.11 Å². The molecule has 0 aromatic heterocycles. The van der Waals surface area contributed by atoms with Crippen LogP contribution >= 0.6 is 12.6 Å². The number of benzodiazepines with no additional fused rings is 1. The Kier molecular flexibility index (Phi) is 4.25. The fourth-order valence-electron chi connectivity index (χ4n) is 2.67. The number of nitrogens with one attached hydrogen (secondary N) is 1. The molecule has 5 nitrogen and oxygen atoms in total. The van der Waals surface area contributed by atoms with E-state index in [1.54, 1.807) is 0 Å². The summed E-state index contributed by atoms with van der Waals surface area (Å²) in [5.74, 6) is 0. The molecule has 2 N–H and O–H groups in total. The molecule has 2 aromatic rings. The van der Waals surface area contributed by atoms with Crippen molar-refractivity contribution in [3.8, 4) is 0 Å². The number of carbonyl (C=O) groups is 1. The van der Waals surface area contributed by atoms with Crippen molar-refractivity contribution in [2.24, 2.45) is 4.99 Å². The molecule has 0 saturated carbocycles. The van der Waals surface area contributed by atoms with Crippen molar-refractivity contribution >= 4 is 30.1 Å². The van der Waals surface area contributed by atoms with Crippen LogP contribution in [0.1, 0.15) is 11.1 Å². The van der Waals surface area contributed by atoms with E-state index in [0.29, 0.717) is 0 Å². The fourth-order valence-corrected chi connectivity index (χ4v) is 2.94. The number of thiol groups is 1. The molecule has 118 valence electrons. The highest BCUT2D eigenvalue weighted by molar-refractivity contribution is 7.81. The summed E-state index contributed by atoms with van der Waals surface area (Å²) in [6.07, 6.45) is -1.80. The summed E-state index contributed by atoms with van der Waals surface area (Å²) in [5, 5.41) is 11.1. The highest BCUT2D eigenvalue weighted by Gasteiger charge is 2.30. The predicted octanol–water partition coefficient (Wildman–Crippen LogP) is 2.82. The molecule has 1 unspecified atom stereocenters. The number of benzene rings is 2. The van der Waals surface area contributed by atoms with Gasteiger partial charge in [0.25, 0.3) is 0 Å². The van der Waals surface area contributed by atoms with Crippen LogP contribution in [0.3, 0.4) is 0 Å². The first kappa shape index (κ1) is 15.4. The summed E-state index contributed by atoms with van der Waals surface area (Å²) < 4.78 is 0. The summed E-state index contributed by atoms with van der Waals surface area (Å²) in [4.78, 5) is 17.7. The van der Waals surface area contributed by atoms with Crippen LogP contribution in [-0.2, 0) is 0 Å². The minimum absolute atomic E-state index is 0.409. The summed E-state index contributed by atoms with van der Waals surface area (Å²) in [6.45, 7) is 0. The maximum Gasteiger partial charge on any atom is 0.406 e. The number of aliphatic imine (C=N–C) groups is 1. The molecule has 2 atom stereocenters. The molecule has 0 aliphatic carbocycles. The van der Waals surface area contributed by atoms with Crippen LogP contribution in [0, 0.1) is 0 Å². The van der Waals surface area contributed by atoms with Gasteiger partial charge in [0, 0.05) is 23.9 Å². The molecule has 1 aliphatic heterocycles. The molecule has 1 amide bonds. The molecule has 0 saturated heterocycles. The minimum atomic E-state index is -1.12. The Balaban J connectivity index is 2.18. The van der Waals surface area contributed by atoms with Crippen molar-refractivity contribution in [2.75, 3.05) is 11.9 Å². The van der Waals surface area contributed by atoms with Crippen molar-refractivity contribution in [2.45, 2.75) is 11.5 Å². The third-order valence-corrected chi connectivity index (χ3v) is 4.43. The zero-order chi connectivity index (χ0) is 16.4. The normalized spacial score (nSPS) is 20.3. The lowest BCUT2D eigenvalue weighted by Gasteiger charge is -2.29. The average Bonchev–Trinajstić information content (AvgIpc) is 2.66. The van der Waals surface area contributed by atoms with E-state index >= 15 is 0 Å². The lowest BCUT2D eigenvalue weighted by atomic mass is 10.0. The minimum Gasteiger partial charge on any atom is -0.465 e. The first-order chi connectivity index (χ1) is 11.1. The zero-order valence-electron chi connectivity index (χ0n) is 12.5. The van der Waals surface area contributed by atoms with Gasteiger partial charge in [-0.25, -0.2) is 4.79 Å². The van der Waals surface area contributed by atoms with E-state index in [-0.39, 0.29) is 0 Å². The lowest BCUT2D eigenvalue weighted by Crippen LogP contribution is -2.46. The lowest BCUT2D eigenvalue weighted by molar-refractivity contribution is 0.190. The zero-order valence-corrected chi connectivity index (χ0v) is 13.4. The van der Waals surface area contributed by atoms with E-state index in [1.165, 1.54) is 0 Å². The maximum absolute atomic E-state index is 11.1. The summed E-state index contributed by atoms with van der Waals surface area (Å²) >= 11 is 4.57. The summed E-state index contributed by atoms with van der Waals surface area (Å²) in [5.41, 5.74) is 3.61. The molecule has 6 heteroatoms. The van der Waals surface area contributed by atoms with Crippen molar-refractivity contribution in [1.29, 1.82) is 0 Å². The molecule has 0 bridgehead atoms. The van der Waals surface area contributed by atoms with Gasteiger partial charge in [0.2, 0.25) is 0 Å². The monoisotopic (exact) mass is 327 g/mol. The number of rotatable bonds is 2. The van der Waals surface area contributed by atoms with Crippen LogP contribution in [0.25, 0.3) is 0 Å². The number of carboxylic acid groups (broad SMARTS) is 1. The van der Waals surface area contributed by atoms with Crippen molar-refractivity contribution in [3.05, 3.63) is 65.7 Å². The van der Waals surface area contributed by atoms with Gasteiger partial charge in [-0.05, 0) is 6.07 Å². The van der Waals surface area contributed by atoms with Crippen LogP contribution in [0.4, 0.5) is 10.5 Å². The van der Waals surface area contributed by atoms with E-state index in [0.717, 1.165) is 22.5 Å². The number of amides is 1. The number of nitrogens with zero attached hydrogens (tertiary/aromatic N) is 2. The SMILES string of the molecule is CN1c2ccccc2C(c2ccccc2)=N[C@@H](NC(=O)O)C1S. The molecule has 0 radical (unpaired) electrons. The Morgan fingerprint density at radius 2 is 1.83 bits per heavy atom. The second-order valence-electron chi connectivity index (χ2n) is 5.28. The van der Waals surface area contributed by atoms with Crippen LogP contribution in [0.5, 0.6) is 0 Å². The molecule has 2 aromatic carbocycles. The highest BCUT2D eigenvalue weighted by Crippen LogP contribution is 2.30. The third-order valence-electron chi connectivity index (χ3n) is 3.81. The van der Waals surface area contributed by atoms with E-state index < -0.39 is 17.6 Å². The predicted molar refractivity (Wildman–Crippen MR) is 94.6 cm³/mol. The van der Waals surface area contributed by atoms with Crippen LogP contribution in [-0.4, -0.2) is 35.5 Å². The average molecular weight is 327 g/mol. The molecule has 1 aliphatic rings. The molecule has 23 heavy (non-hydrogen) atoms. The van der Waals surface area contributed by atoms with Gasteiger partial charge in [0.1, 0.15) is 5.37 Å². The van der Waals surface area contributed by atoms with Crippen LogP contribution in [0.15, 0.2) is 59.6 Å². The van der Waals surface area contributed by atoms with Gasteiger partial charge < -0.3 is 10.0 Å². The van der Waals surface area contributed by atoms with Crippen molar-refractivity contribution in [1.82, 2.24) is 5.32 Å². The molecular weight excluding hydrogens is 310 g/mol. The standard InChI is InChI=1S/C17H17N3O2S/c1-20-13-10-6-5-9-12(13)14(11-7-3-2-4-8-11)18-15(16(20)23)19-17(21)22/h2-10,15-16,19,23H,1H3,(H,21,22)/t15-,16?/m0/s1. The number of fused-ring (bicyclic) bond motifs is 1. The Labute approximate surface area is 140 Å². The Hall–Kier alpha value is -2.47. The number of hydrogen-bond donors (Lipinski definition) is 3. The molecule has 0 spiro atoms. The summed E-state index contributed by atoms with van der Waals surface area (Å²) in [7, 11) is 1.89. The second-order valence-corrected chi connectivity index (χ2v) is 5.81. The van der Waals surface area contributed by atoms with E-state index in [9.17, 15) is 4.79 Å². The van der Waals surface area contributed by atoms with Gasteiger partial charge in [0.05, 0.1) is 5.71 Å². The van der Waals surface area contributed by atoms with Gasteiger partial charge >= 0.3 is 6.09 Å². The fraction of sp³-hybridized carbons (Fsp3) is 0.176. The highest BCUT2D eigenvalue weighted by atomic mass is 32.1. The van der Waals surface area contributed by atoms with Gasteiger partial charge in [-0.2, -0.15) is 12.6 Å². The number of para-hydroxylation sites is 1. The van der Waals surface area contributed by atoms with Crippen molar-refractivity contribution in [3.63, 3.8) is 0 Å². The van der Waals surface area contributed by atoms with E-state index in [2.05, 4.69) is 22.9 Å². The van der Waals surface area contributed by atoms with Crippen molar-refractivity contribution < 1.29 is 9.90 Å². The summed E-state index contributed by atoms with van der Waals surface area (Å²) in [6, 6.07) is 17.6. The number of likely N-dealkylation sites (N-methyl/N-ethyl adjacent to an activating group) is 1. The third kappa shape index (κ3) is 3.03. The first-order valence-corrected chi connectivity index (χ1v) is 7.72.